The van der Waals surface area contributed by atoms with Crippen LogP contribution in [0.3, 0.4) is 0 Å². The van der Waals surface area contributed by atoms with Crippen LogP contribution in [0.1, 0.15) is 12.8 Å². The van der Waals surface area contributed by atoms with Crippen molar-refractivity contribution in [2.45, 2.75) is 18.9 Å². The van der Waals surface area contributed by atoms with Crippen LogP contribution in [-0.2, 0) is 9.53 Å². The molecule has 2 nitrogen and oxygen atoms in total. The van der Waals surface area contributed by atoms with Crippen LogP contribution in [0.25, 0.3) is 0 Å². The highest BCUT2D eigenvalue weighted by molar-refractivity contribution is 9.72. The molecule has 11 heavy (non-hydrogen) atoms. The average Bonchev–Trinajstić information content (AvgIpc) is 1.85. The van der Waals surface area contributed by atoms with Gasteiger partial charge in [-0.25, -0.2) is 0 Å². The first kappa shape index (κ1) is 12.1. The van der Waals surface area contributed by atoms with Crippen LogP contribution in [-0.4, -0.2) is 17.0 Å². The molecule has 0 rings (SSSR count). The summed E-state index contributed by atoms with van der Waals surface area (Å²) in [5.41, 5.74) is 0. The topological polar surface area (TPSA) is 26.3 Å². The second-order valence-electron chi connectivity index (χ2n) is 2.04. The van der Waals surface area contributed by atoms with Gasteiger partial charge in [-0.05, 0) is 12.5 Å². The van der Waals surface area contributed by atoms with Crippen molar-refractivity contribution in [1.29, 1.82) is 0 Å². The van der Waals surface area contributed by atoms with Crippen molar-refractivity contribution >= 4 is 55.8 Å². The van der Waals surface area contributed by atoms with Crippen molar-refractivity contribution in [2.24, 2.45) is 0 Å². The molecule has 0 amide bonds. The van der Waals surface area contributed by atoms with Crippen LogP contribution >= 0.6 is 45.9 Å². The van der Waals surface area contributed by atoms with E-state index in [0.717, 1.165) is 12.5 Å². The van der Waals surface area contributed by atoms with Gasteiger partial charge in [0.1, 0.15) is 0 Å². The van der Waals surface area contributed by atoms with E-state index >= 15 is 0 Å². The molecule has 0 heterocycles. The molecule has 0 atom stereocenters. The molecular weight excluding hydrogens is 360 g/mol. The zero-order valence-corrected chi connectivity index (χ0v) is 11.8. The lowest BCUT2D eigenvalue weighted by molar-refractivity contribution is -0.140. The minimum absolute atomic E-state index is 0.143. The number of hydrogen-bond acceptors (Lipinski definition) is 2. The van der Waals surface area contributed by atoms with Gasteiger partial charge in [0.2, 0.25) is 0 Å². The van der Waals surface area contributed by atoms with Crippen LogP contribution in [0.5, 0.6) is 0 Å². The molecule has 0 aliphatic rings. The van der Waals surface area contributed by atoms with Gasteiger partial charge in [-0.1, -0.05) is 45.9 Å². The number of methoxy groups -OCH3 is 1. The van der Waals surface area contributed by atoms with Crippen LogP contribution in [0.2, 0.25) is 6.04 Å². The summed E-state index contributed by atoms with van der Waals surface area (Å²) in [6, 6.07) is 0.960. The van der Waals surface area contributed by atoms with E-state index in [1.54, 1.807) is 0 Å². The van der Waals surface area contributed by atoms with Gasteiger partial charge < -0.3 is 4.74 Å². The van der Waals surface area contributed by atoms with Crippen molar-refractivity contribution in [3.8, 4) is 0 Å². The van der Waals surface area contributed by atoms with E-state index in [2.05, 4.69) is 50.6 Å². The maximum Gasteiger partial charge on any atom is 0.305 e. The number of carbonyl (C=O) groups is 1. The lowest BCUT2D eigenvalue weighted by Gasteiger charge is -2.06. The van der Waals surface area contributed by atoms with Gasteiger partial charge in [0.25, 0.3) is 3.93 Å². The maximum absolute atomic E-state index is 10.6. The normalized spacial score (nSPS) is 11.3. The molecule has 0 unspecified atom stereocenters. The average molecular weight is 369 g/mol. The minimum Gasteiger partial charge on any atom is -0.469 e. The molecule has 0 saturated carbocycles. The van der Waals surface area contributed by atoms with E-state index < -0.39 is 3.93 Å². The minimum atomic E-state index is -1.51. The summed E-state index contributed by atoms with van der Waals surface area (Å²) in [5, 5.41) is 0. The summed E-state index contributed by atoms with van der Waals surface area (Å²) >= 11 is 10.4. The van der Waals surface area contributed by atoms with E-state index in [4.69, 9.17) is 0 Å². The fourth-order valence-electron chi connectivity index (χ4n) is 0.535. The summed E-state index contributed by atoms with van der Waals surface area (Å²) in [4.78, 5) is 10.6. The Balaban J connectivity index is 3.35. The molecule has 0 aromatic rings. The summed E-state index contributed by atoms with van der Waals surface area (Å²) < 4.78 is 2.99. The van der Waals surface area contributed by atoms with E-state index in [1.165, 1.54) is 7.11 Å². The fraction of sp³-hybridized carbons (Fsp3) is 0.800. The summed E-state index contributed by atoms with van der Waals surface area (Å²) in [5.74, 6) is -0.143. The van der Waals surface area contributed by atoms with Crippen LogP contribution in [0, 0.1) is 0 Å². The highest BCUT2D eigenvalue weighted by Crippen LogP contribution is 2.33. The highest BCUT2D eigenvalue weighted by Gasteiger charge is 2.21. The second kappa shape index (κ2) is 5.72. The zero-order valence-electron chi connectivity index (χ0n) is 6.07. The number of hydrogen-bond donors (Lipinski definition) is 0. The van der Waals surface area contributed by atoms with Gasteiger partial charge in [-0.2, -0.15) is 0 Å². The van der Waals surface area contributed by atoms with Gasteiger partial charge in [0, 0.05) is 6.42 Å². The Morgan fingerprint density at radius 1 is 1.45 bits per heavy atom. The first-order chi connectivity index (χ1) is 4.95. The molecule has 0 aliphatic carbocycles. The monoisotopic (exact) mass is 366 g/mol. The molecule has 66 valence electrons. The Bertz CT molecular complexity index is 134. The van der Waals surface area contributed by atoms with Crippen molar-refractivity contribution in [3.05, 3.63) is 0 Å². The van der Waals surface area contributed by atoms with Gasteiger partial charge >= 0.3 is 5.97 Å². The van der Waals surface area contributed by atoms with Crippen molar-refractivity contribution < 1.29 is 9.53 Å². The molecule has 0 N–H and O–H groups in total. The SMILES string of the molecule is COC(=O)CCC[Si](Br)(Br)Br. The second-order valence-corrected chi connectivity index (χ2v) is 25.5. The molecule has 0 saturated heterocycles. The van der Waals surface area contributed by atoms with E-state index in [0.29, 0.717) is 6.42 Å². The van der Waals surface area contributed by atoms with E-state index in [9.17, 15) is 4.79 Å². The van der Waals surface area contributed by atoms with E-state index in [-0.39, 0.29) is 5.97 Å². The maximum atomic E-state index is 10.6. The molecule has 0 aromatic carbocycles. The summed E-state index contributed by atoms with van der Waals surface area (Å²) in [6.07, 6.45) is 1.34. The Labute approximate surface area is 90.8 Å². The highest BCUT2D eigenvalue weighted by atomic mass is 80.0. The lowest BCUT2D eigenvalue weighted by Crippen LogP contribution is -2.07. The smallest absolute Gasteiger partial charge is 0.305 e. The molecule has 0 fully saturated rings. The Morgan fingerprint density at radius 3 is 2.36 bits per heavy atom. The first-order valence-corrected chi connectivity index (χ1v) is 12.1. The lowest BCUT2D eigenvalue weighted by atomic mass is 10.3. The predicted molar refractivity (Wildman–Crippen MR) is 58.6 cm³/mol. The molecule has 0 radical (unpaired) electrons. The molecule has 0 bridgehead atoms. The van der Waals surface area contributed by atoms with Crippen molar-refractivity contribution in [2.75, 3.05) is 7.11 Å². The van der Waals surface area contributed by atoms with Crippen LogP contribution in [0.15, 0.2) is 0 Å². The standard InChI is InChI=1S/C5H9Br3O2Si/c1-10-5(9)3-2-4-11(6,7)8/h2-4H2,1H3. The van der Waals surface area contributed by atoms with Gasteiger partial charge in [-0.15, -0.1) is 0 Å². The van der Waals surface area contributed by atoms with Gasteiger partial charge in [0.15, 0.2) is 0 Å². The summed E-state index contributed by atoms with van der Waals surface area (Å²) in [7, 11) is 1.41. The van der Waals surface area contributed by atoms with Gasteiger partial charge in [0.05, 0.1) is 7.11 Å². The molecule has 0 spiro atoms. The number of carbonyl (C=O) groups excluding carboxylic acids is 1. The molecular formula is C5H9Br3O2Si. The zero-order chi connectivity index (χ0) is 8.91. The third-order valence-electron chi connectivity index (χ3n) is 1.07. The first-order valence-electron chi connectivity index (χ1n) is 3.09. The quantitative estimate of drug-likeness (QED) is 0.433. The van der Waals surface area contributed by atoms with Crippen LogP contribution in [0.4, 0.5) is 0 Å². The molecule has 0 aromatic heterocycles. The Kier molecular flexibility index (Phi) is 6.30. The van der Waals surface area contributed by atoms with E-state index in [1.807, 2.05) is 0 Å². The van der Waals surface area contributed by atoms with Crippen molar-refractivity contribution in [3.63, 3.8) is 0 Å². The number of ether oxygens (including phenoxy) is 1. The molecule has 0 aliphatic heterocycles. The van der Waals surface area contributed by atoms with Crippen molar-refractivity contribution in [1.82, 2.24) is 0 Å². The van der Waals surface area contributed by atoms with Crippen LogP contribution < -0.4 is 0 Å². The Hall–Kier alpha value is 1.13. The number of esters is 1. The third-order valence-corrected chi connectivity index (χ3v) is 5.56. The third kappa shape index (κ3) is 9.04. The molecule has 6 heteroatoms. The largest absolute Gasteiger partial charge is 0.469 e. The number of halogens is 3. The predicted octanol–water partition coefficient (Wildman–Crippen LogP) is 3.06. The fourth-order valence-corrected chi connectivity index (χ4v) is 3.64. The Morgan fingerprint density at radius 2 is 2.00 bits per heavy atom. The van der Waals surface area contributed by atoms with Gasteiger partial charge in [-0.3, -0.25) is 4.79 Å². The summed E-state index contributed by atoms with van der Waals surface area (Å²) in [6.45, 7) is 0. The number of rotatable bonds is 4.